The fourth-order valence-electron chi connectivity index (χ4n) is 2.41. The van der Waals surface area contributed by atoms with Crippen LogP contribution in [0.3, 0.4) is 0 Å². The van der Waals surface area contributed by atoms with Gasteiger partial charge in [0.05, 0.1) is 0 Å². The Bertz CT molecular complexity index is 851. The van der Waals surface area contributed by atoms with Crippen LogP contribution in [0.4, 0.5) is 11.5 Å². The van der Waals surface area contributed by atoms with E-state index in [1.165, 1.54) is 6.33 Å². The number of nitrogens with zero attached hydrogens (tertiary/aromatic N) is 3. The van der Waals surface area contributed by atoms with Crippen LogP contribution in [0.2, 0.25) is 0 Å². The molecule has 1 aromatic carbocycles. The largest absolute Gasteiger partial charge is 0.366 e. The highest BCUT2D eigenvalue weighted by Gasteiger charge is 2.11. The first-order chi connectivity index (χ1) is 12.3. The van der Waals surface area contributed by atoms with Gasteiger partial charge in [-0.15, -0.1) is 0 Å². The Morgan fingerprint density at radius 2 is 2.00 bits per heavy atom. The molecule has 0 saturated heterocycles. The number of benzene rings is 1. The summed E-state index contributed by atoms with van der Waals surface area (Å²) in [6, 6.07) is 13.2. The van der Waals surface area contributed by atoms with Crippen LogP contribution in [-0.4, -0.2) is 20.9 Å². The molecule has 3 aromatic rings. The van der Waals surface area contributed by atoms with Crippen LogP contribution in [0.5, 0.6) is 0 Å². The number of aryl methyl sites for hydroxylation is 1. The number of carbonyl (C=O) groups is 1. The molecule has 2 N–H and O–H groups in total. The first-order valence-electron chi connectivity index (χ1n) is 8.10. The normalized spacial score (nSPS) is 10.3. The van der Waals surface area contributed by atoms with Gasteiger partial charge in [-0.3, -0.25) is 9.78 Å². The summed E-state index contributed by atoms with van der Waals surface area (Å²) in [6.45, 7) is 2.63. The maximum atomic E-state index is 12.5. The molecule has 0 aliphatic rings. The van der Waals surface area contributed by atoms with Crippen molar-refractivity contribution in [1.29, 1.82) is 0 Å². The van der Waals surface area contributed by atoms with E-state index in [0.717, 1.165) is 23.2 Å². The van der Waals surface area contributed by atoms with Crippen molar-refractivity contribution in [3.05, 3.63) is 78.0 Å². The predicted molar refractivity (Wildman–Crippen MR) is 97.4 cm³/mol. The second-order valence-electron chi connectivity index (χ2n) is 5.47. The molecule has 0 radical (unpaired) electrons. The van der Waals surface area contributed by atoms with Crippen molar-refractivity contribution in [2.24, 2.45) is 0 Å². The van der Waals surface area contributed by atoms with Gasteiger partial charge in [0.2, 0.25) is 0 Å². The van der Waals surface area contributed by atoms with E-state index in [2.05, 4.69) is 32.5 Å². The lowest BCUT2D eigenvalue weighted by Gasteiger charge is -2.10. The molecule has 0 spiro atoms. The molecule has 0 atom stereocenters. The van der Waals surface area contributed by atoms with Crippen molar-refractivity contribution in [3.8, 4) is 0 Å². The van der Waals surface area contributed by atoms with Gasteiger partial charge in [0, 0.05) is 30.7 Å². The van der Waals surface area contributed by atoms with Gasteiger partial charge in [-0.05, 0) is 29.7 Å². The van der Waals surface area contributed by atoms with Gasteiger partial charge >= 0.3 is 0 Å². The highest BCUT2D eigenvalue weighted by Crippen LogP contribution is 2.16. The van der Waals surface area contributed by atoms with E-state index >= 15 is 0 Å². The maximum Gasteiger partial charge on any atom is 0.274 e. The summed E-state index contributed by atoms with van der Waals surface area (Å²) in [5.74, 6) is 0.334. The smallest absolute Gasteiger partial charge is 0.274 e. The summed E-state index contributed by atoms with van der Waals surface area (Å²) in [5.41, 5.74) is 3.23. The first-order valence-corrected chi connectivity index (χ1v) is 8.10. The van der Waals surface area contributed by atoms with Crippen molar-refractivity contribution in [2.75, 3.05) is 10.6 Å². The summed E-state index contributed by atoms with van der Waals surface area (Å²) in [5, 5.41) is 6.08. The van der Waals surface area contributed by atoms with E-state index in [1.54, 1.807) is 18.5 Å². The molecule has 2 aromatic heterocycles. The summed E-state index contributed by atoms with van der Waals surface area (Å²) >= 11 is 0. The summed E-state index contributed by atoms with van der Waals surface area (Å²) < 4.78 is 0. The Morgan fingerprint density at radius 1 is 1.12 bits per heavy atom. The van der Waals surface area contributed by atoms with Gasteiger partial charge in [-0.2, -0.15) is 0 Å². The zero-order chi connectivity index (χ0) is 17.5. The Labute approximate surface area is 146 Å². The van der Waals surface area contributed by atoms with E-state index in [-0.39, 0.29) is 5.91 Å². The van der Waals surface area contributed by atoms with Crippen molar-refractivity contribution in [2.45, 2.75) is 19.9 Å². The molecule has 6 heteroatoms. The lowest BCUT2D eigenvalue weighted by atomic mass is 10.1. The molecule has 25 heavy (non-hydrogen) atoms. The summed E-state index contributed by atoms with van der Waals surface area (Å²) in [6.07, 6.45) is 5.73. The van der Waals surface area contributed by atoms with E-state index in [0.29, 0.717) is 18.1 Å². The number of para-hydroxylation sites is 1. The van der Waals surface area contributed by atoms with E-state index in [9.17, 15) is 4.79 Å². The highest BCUT2D eigenvalue weighted by molar-refractivity contribution is 6.03. The molecule has 0 aliphatic heterocycles. The Morgan fingerprint density at radius 3 is 2.80 bits per heavy atom. The van der Waals surface area contributed by atoms with E-state index < -0.39 is 0 Å². The molecule has 6 nitrogen and oxygen atoms in total. The third kappa shape index (κ3) is 4.38. The molecule has 0 aliphatic carbocycles. The zero-order valence-corrected chi connectivity index (χ0v) is 13.9. The van der Waals surface area contributed by atoms with Crippen LogP contribution in [0.25, 0.3) is 0 Å². The quantitative estimate of drug-likeness (QED) is 0.723. The lowest BCUT2D eigenvalue weighted by Crippen LogP contribution is -2.15. The van der Waals surface area contributed by atoms with Crippen LogP contribution in [-0.2, 0) is 13.0 Å². The van der Waals surface area contributed by atoms with Gasteiger partial charge in [-0.1, -0.05) is 31.2 Å². The van der Waals surface area contributed by atoms with Crippen LogP contribution in [0.1, 0.15) is 28.5 Å². The monoisotopic (exact) mass is 333 g/mol. The minimum absolute atomic E-state index is 0.257. The number of hydrogen-bond acceptors (Lipinski definition) is 5. The minimum Gasteiger partial charge on any atom is -0.366 e. The molecule has 0 bridgehead atoms. The van der Waals surface area contributed by atoms with Gasteiger partial charge in [-0.25, -0.2) is 9.97 Å². The second kappa shape index (κ2) is 8.01. The molecule has 2 heterocycles. The number of hydrogen-bond donors (Lipinski definition) is 2. The van der Waals surface area contributed by atoms with Gasteiger partial charge in [0.15, 0.2) is 0 Å². The number of amides is 1. The van der Waals surface area contributed by atoms with Crippen LogP contribution in [0, 0.1) is 0 Å². The lowest BCUT2D eigenvalue weighted by molar-refractivity contribution is 0.102. The molecule has 126 valence electrons. The molecule has 0 fully saturated rings. The Kier molecular flexibility index (Phi) is 5.31. The third-order valence-corrected chi connectivity index (χ3v) is 3.74. The number of nitrogens with one attached hydrogen (secondary N) is 2. The standard InChI is InChI=1S/C19H19N5O/c1-2-15-7-3-4-8-16(15)24-19(25)17-10-18(23-13-22-17)21-12-14-6-5-9-20-11-14/h3-11,13H,2,12H2,1H3,(H,24,25)(H,21,22,23). The van der Waals surface area contributed by atoms with Crippen molar-refractivity contribution in [1.82, 2.24) is 15.0 Å². The van der Waals surface area contributed by atoms with Crippen molar-refractivity contribution >= 4 is 17.4 Å². The fraction of sp³-hybridized carbons (Fsp3) is 0.158. The Balaban J connectivity index is 1.69. The molecule has 1 amide bonds. The second-order valence-corrected chi connectivity index (χ2v) is 5.47. The van der Waals surface area contributed by atoms with E-state index in [4.69, 9.17) is 0 Å². The molecule has 0 saturated carbocycles. The number of anilines is 2. The maximum absolute atomic E-state index is 12.5. The highest BCUT2D eigenvalue weighted by atomic mass is 16.1. The number of rotatable bonds is 6. The molecule has 0 unspecified atom stereocenters. The first kappa shape index (κ1) is 16.6. The van der Waals surface area contributed by atoms with Gasteiger partial charge in [0.25, 0.3) is 5.91 Å². The summed E-state index contributed by atoms with van der Waals surface area (Å²) in [7, 11) is 0. The predicted octanol–water partition coefficient (Wildman–Crippen LogP) is 3.30. The SMILES string of the molecule is CCc1ccccc1NC(=O)c1cc(NCc2cccnc2)ncn1. The van der Waals surface area contributed by atoms with Crippen molar-refractivity contribution in [3.63, 3.8) is 0 Å². The van der Waals surface area contributed by atoms with Crippen LogP contribution < -0.4 is 10.6 Å². The number of aromatic nitrogens is 3. The van der Waals surface area contributed by atoms with Gasteiger partial charge < -0.3 is 10.6 Å². The zero-order valence-electron chi connectivity index (χ0n) is 13.9. The summed E-state index contributed by atoms with van der Waals surface area (Å²) in [4.78, 5) is 24.8. The topological polar surface area (TPSA) is 79.8 Å². The number of carbonyl (C=O) groups excluding carboxylic acids is 1. The van der Waals surface area contributed by atoms with Crippen molar-refractivity contribution < 1.29 is 4.79 Å². The van der Waals surface area contributed by atoms with Gasteiger partial charge in [0.1, 0.15) is 17.8 Å². The number of pyridine rings is 1. The average Bonchev–Trinajstić information content (AvgIpc) is 2.68. The average molecular weight is 333 g/mol. The molecular formula is C19H19N5O. The third-order valence-electron chi connectivity index (χ3n) is 3.74. The minimum atomic E-state index is -0.257. The Hall–Kier alpha value is -3.28. The molecular weight excluding hydrogens is 314 g/mol. The fourth-order valence-corrected chi connectivity index (χ4v) is 2.41. The van der Waals surface area contributed by atoms with Crippen LogP contribution in [0.15, 0.2) is 61.2 Å². The van der Waals surface area contributed by atoms with Crippen LogP contribution >= 0.6 is 0 Å². The molecule has 3 rings (SSSR count). The van der Waals surface area contributed by atoms with E-state index in [1.807, 2.05) is 36.4 Å².